The van der Waals surface area contributed by atoms with Crippen LogP contribution in [0.4, 0.5) is 0 Å². The van der Waals surface area contributed by atoms with Crippen LogP contribution in [-0.4, -0.2) is 6.04 Å². The summed E-state index contributed by atoms with van der Waals surface area (Å²) in [5.41, 5.74) is 5.79. The summed E-state index contributed by atoms with van der Waals surface area (Å²) in [6.07, 6.45) is 3.81. The highest BCUT2D eigenvalue weighted by molar-refractivity contribution is 4.76. The smallest absolute Gasteiger partial charge is 0.00415 e. The van der Waals surface area contributed by atoms with Gasteiger partial charge in [0.15, 0.2) is 0 Å². The van der Waals surface area contributed by atoms with Gasteiger partial charge in [-0.2, -0.15) is 0 Å². The summed E-state index contributed by atoms with van der Waals surface area (Å²) in [5.74, 6) is 1.76. The van der Waals surface area contributed by atoms with Crippen LogP contribution in [0.3, 0.4) is 0 Å². The molecule has 0 aromatic rings. The molecule has 1 heteroatoms. The summed E-state index contributed by atoms with van der Waals surface area (Å²) in [6, 6.07) is 0.496. The standard InChI is InChI=1S/C8H17N/c1-6-3-4-8(9)5-7(6)2/h6-8H,3-5,9H2,1-2H3/t6-,7+,8+/m1/s1. The summed E-state index contributed by atoms with van der Waals surface area (Å²) in [7, 11) is 0. The zero-order valence-electron chi connectivity index (χ0n) is 6.43. The fraction of sp³-hybridized carbons (Fsp3) is 1.00. The van der Waals surface area contributed by atoms with Gasteiger partial charge in [0.25, 0.3) is 0 Å². The van der Waals surface area contributed by atoms with E-state index in [2.05, 4.69) is 13.8 Å². The Morgan fingerprint density at radius 1 is 1.11 bits per heavy atom. The molecule has 0 spiro atoms. The average molecular weight is 127 g/mol. The monoisotopic (exact) mass is 127 g/mol. The Bertz CT molecular complexity index is 90.6. The van der Waals surface area contributed by atoms with Crippen molar-refractivity contribution >= 4 is 0 Å². The Morgan fingerprint density at radius 2 is 1.78 bits per heavy atom. The van der Waals surface area contributed by atoms with Crippen LogP contribution in [-0.2, 0) is 0 Å². The van der Waals surface area contributed by atoms with E-state index in [1.54, 1.807) is 0 Å². The highest BCUT2D eigenvalue weighted by atomic mass is 14.6. The molecule has 54 valence electrons. The van der Waals surface area contributed by atoms with Crippen LogP contribution in [0.25, 0.3) is 0 Å². The fourth-order valence-corrected chi connectivity index (χ4v) is 1.59. The van der Waals surface area contributed by atoms with Gasteiger partial charge in [-0.1, -0.05) is 13.8 Å². The van der Waals surface area contributed by atoms with Crippen molar-refractivity contribution in [2.24, 2.45) is 17.6 Å². The summed E-state index contributed by atoms with van der Waals surface area (Å²) in [6.45, 7) is 4.64. The molecule has 1 aliphatic carbocycles. The van der Waals surface area contributed by atoms with Gasteiger partial charge >= 0.3 is 0 Å². The third kappa shape index (κ3) is 1.68. The first-order chi connectivity index (χ1) is 4.20. The molecule has 1 nitrogen and oxygen atoms in total. The van der Waals surface area contributed by atoms with Crippen molar-refractivity contribution in [1.29, 1.82) is 0 Å². The van der Waals surface area contributed by atoms with Crippen molar-refractivity contribution in [2.75, 3.05) is 0 Å². The second kappa shape index (κ2) is 2.70. The Balaban J connectivity index is 2.35. The van der Waals surface area contributed by atoms with Gasteiger partial charge in [-0.15, -0.1) is 0 Å². The highest BCUT2D eigenvalue weighted by Crippen LogP contribution is 2.27. The van der Waals surface area contributed by atoms with E-state index in [1.807, 2.05) is 0 Å². The van der Waals surface area contributed by atoms with Gasteiger partial charge in [-0.3, -0.25) is 0 Å². The normalized spacial score (nSPS) is 45.0. The first-order valence-electron chi connectivity index (χ1n) is 3.95. The second-order valence-corrected chi connectivity index (χ2v) is 3.53. The van der Waals surface area contributed by atoms with Gasteiger partial charge in [-0.05, 0) is 31.1 Å². The quantitative estimate of drug-likeness (QED) is 0.527. The Labute approximate surface area is 57.6 Å². The topological polar surface area (TPSA) is 26.0 Å². The van der Waals surface area contributed by atoms with E-state index < -0.39 is 0 Å². The summed E-state index contributed by atoms with van der Waals surface area (Å²) >= 11 is 0. The third-order valence-corrected chi connectivity index (χ3v) is 2.64. The van der Waals surface area contributed by atoms with Gasteiger partial charge in [0.05, 0.1) is 0 Å². The van der Waals surface area contributed by atoms with Crippen molar-refractivity contribution < 1.29 is 0 Å². The zero-order chi connectivity index (χ0) is 6.85. The molecule has 0 aromatic carbocycles. The third-order valence-electron chi connectivity index (χ3n) is 2.64. The van der Waals surface area contributed by atoms with Crippen molar-refractivity contribution in [3.63, 3.8) is 0 Å². The maximum Gasteiger partial charge on any atom is 0.00415 e. The molecule has 2 N–H and O–H groups in total. The van der Waals surface area contributed by atoms with Crippen LogP contribution in [0.1, 0.15) is 33.1 Å². The Kier molecular flexibility index (Phi) is 2.12. The van der Waals surface area contributed by atoms with E-state index >= 15 is 0 Å². The van der Waals surface area contributed by atoms with Gasteiger partial charge in [0, 0.05) is 6.04 Å². The fourth-order valence-electron chi connectivity index (χ4n) is 1.59. The lowest BCUT2D eigenvalue weighted by atomic mass is 9.79. The molecular weight excluding hydrogens is 110 g/mol. The zero-order valence-corrected chi connectivity index (χ0v) is 6.43. The first kappa shape index (κ1) is 7.07. The van der Waals surface area contributed by atoms with Crippen molar-refractivity contribution in [1.82, 2.24) is 0 Å². The molecule has 3 atom stereocenters. The van der Waals surface area contributed by atoms with E-state index in [-0.39, 0.29) is 0 Å². The predicted molar refractivity (Wildman–Crippen MR) is 40.2 cm³/mol. The lowest BCUT2D eigenvalue weighted by Crippen LogP contribution is -2.30. The molecule has 0 unspecified atom stereocenters. The lowest BCUT2D eigenvalue weighted by molar-refractivity contribution is 0.251. The van der Waals surface area contributed by atoms with E-state index in [9.17, 15) is 0 Å². The molecule has 0 aliphatic heterocycles. The maximum atomic E-state index is 5.79. The number of hydrogen-bond acceptors (Lipinski definition) is 1. The molecule has 0 amide bonds. The SMILES string of the molecule is C[C@@H]1CC[C@H](N)C[C@@H]1C. The number of rotatable bonds is 0. The van der Waals surface area contributed by atoms with Gasteiger partial charge < -0.3 is 5.73 Å². The lowest BCUT2D eigenvalue weighted by Gasteiger charge is -2.29. The van der Waals surface area contributed by atoms with Gasteiger partial charge in [0.1, 0.15) is 0 Å². The average Bonchev–Trinajstić information content (AvgIpc) is 1.80. The molecule has 1 aliphatic rings. The van der Waals surface area contributed by atoms with Crippen LogP contribution in [0.2, 0.25) is 0 Å². The summed E-state index contributed by atoms with van der Waals surface area (Å²) in [5, 5.41) is 0. The highest BCUT2D eigenvalue weighted by Gasteiger charge is 2.21. The van der Waals surface area contributed by atoms with Crippen molar-refractivity contribution in [3.8, 4) is 0 Å². The number of nitrogens with two attached hydrogens (primary N) is 1. The molecule has 9 heavy (non-hydrogen) atoms. The van der Waals surface area contributed by atoms with Crippen LogP contribution in [0, 0.1) is 11.8 Å². The molecule has 0 bridgehead atoms. The summed E-state index contributed by atoms with van der Waals surface area (Å²) in [4.78, 5) is 0. The van der Waals surface area contributed by atoms with E-state index in [4.69, 9.17) is 5.73 Å². The predicted octanol–water partition coefficient (Wildman–Crippen LogP) is 1.77. The van der Waals surface area contributed by atoms with E-state index in [0.717, 1.165) is 11.8 Å². The molecule has 0 saturated heterocycles. The minimum absolute atomic E-state index is 0.496. The first-order valence-corrected chi connectivity index (χ1v) is 3.95. The largest absolute Gasteiger partial charge is 0.328 e. The van der Waals surface area contributed by atoms with E-state index in [1.165, 1.54) is 19.3 Å². The van der Waals surface area contributed by atoms with Crippen molar-refractivity contribution in [2.45, 2.75) is 39.2 Å². The minimum atomic E-state index is 0.496. The molecule has 1 rings (SSSR count). The second-order valence-electron chi connectivity index (χ2n) is 3.53. The molecular formula is C8H17N. The van der Waals surface area contributed by atoms with Crippen molar-refractivity contribution in [3.05, 3.63) is 0 Å². The number of hydrogen-bond donors (Lipinski definition) is 1. The van der Waals surface area contributed by atoms with Crippen LogP contribution < -0.4 is 5.73 Å². The van der Waals surface area contributed by atoms with E-state index in [0.29, 0.717) is 6.04 Å². The van der Waals surface area contributed by atoms with Crippen LogP contribution >= 0.6 is 0 Å². The molecule has 1 fully saturated rings. The molecule has 1 saturated carbocycles. The minimum Gasteiger partial charge on any atom is -0.328 e. The van der Waals surface area contributed by atoms with Crippen LogP contribution in [0.15, 0.2) is 0 Å². The van der Waals surface area contributed by atoms with Gasteiger partial charge in [-0.25, -0.2) is 0 Å². The maximum absolute atomic E-state index is 5.79. The van der Waals surface area contributed by atoms with Crippen LogP contribution in [0.5, 0.6) is 0 Å². The molecule has 0 aromatic heterocycles. The summed E-state index contributed by atoms with van der Waals surface area (Å²) < 4.78 is 0. The Morgan fingerprint density at radius 3 is 2.22 bits per heavy atom. The Hall–Kier alpha value is -0.0400. The molecule has 0 radical (unpaired) electrons. The molecule has 0 heterocycles. The van der Waals surface area contributed by atoms with Gasteiger partial charge in [0.2, 0.25) is 0 Å².